The van der Waals surface area contributed by atoms with Crippen LogP contribution in [0.2, 0.25) is 0 Å². The fourth-order valence-corrected chi connectivity index (χ4v) is 0.577. The number of aliphatic hydroxyl groups is 2. The molecule has 74 valence electrons. The molecule has 0 aliphatic rings. The molecule has 2 nitrogen and oxygen atoms in total. The van der Waals surface area contributed by atoms with E-state index in [0.717, 1.165) is 25.7 Å². The molecule has 0 amide bonds. The van der Waals surface area contributed by atoms with Crippen molar-refractivity contribution in [3.63, 3.8) is 0 Å². The van der Waals surface area contributed by atoms with Crippen molar-refractivity contribution in [1.82, 2.24) is 0 Å². The molecule has 0 saturated carbocycles. The van der Waals surface area contributed by atoms with Crippen molar-refractivity contribution in [2.45, 2.75) is 25.7 Å². The molecule has 0 bridgehead atoms. The first-order chi connectivity index (χ1) is 5.91. The summed E-state index contributed by atoms with van der Waals surface area (Å²) < 4.78 is 0. The van der Waals surface area contributed by atoms with Crippen LogP contribution in [0.4, 0.5) is 0 Å². The van der Waals surface area contributed by atoms with E-state index < -0.39 is 0 Å². The molecule has 0 atom stereocenters. The van der Waals surface area contributed by atoms with Crippen LogP contribution in [-0.2, 0) is 0 Å². The van der Waals surface area contributed by atoms with Crippen molar-refractivity contribution < 1.29 is 10.2 Å². The lowest BCUT2D eigenvalue weighted by atomic mass is 10.2. The van der Waals surface area contributed by atoms with Gasteiger partial charge in [0.25, 0.3) is 0 Å². The van der Waals surface area contributed by atoms with Gasteiger partial charge in [0.2, 0.25) is 0 Å². The molecule has 0 aromatic rings. The van der Waals surface area contributed by atoms with E-state index in [1.807, 2.05) is 0 Å². The van der Waals surface area contributed by atoms with Gasteiger partial charge < -0.3 is 10.2 Å². The third kappa shape index (κ3) is 34.3. The minimum absolute atomic E-state index is 0.283. The molecule has 0 saturated heterocycles. The van der Waals surface area contributed by atoms with Gasteiger partial charge in [-0.2, -0.15) is 0 Å². The fraction of sp³-hybridized carbons (Fsp3) is 0.600. The van der Waals surface area contributed by atoms with Gasteiger partial charge in [0, 0.05) is 13.2 Å². The van der Waals surface area contributed by atoms with Crippen molar-refractivity contribution in [2.75, 3.05) is 13.2 Å². The molecule has 2 heteroatoms. The molecule has 0 heterocycles. The van der Waals surface area contributed by atoms with Gasteiger partial charge in [-0.1, -0.05) is 12.8 Å². The lowest BCUT2D eigenvalue weighted by molar-refractivity contribution is 0.265. The van der Waals surface area contributed by atoms with Crippen molar-refractivity contribution in [3.8, 4) is 0 Å². The Bertz CT molecular complexity index is 47.8. The first-order valence-corrected chi connectivity index (χ1v) is 4.13. The van der Waals surface area contributed by atoms with Gasteiger partial charge >= 0.3 is 0 Å². The largest absolute Gasteiger partial charge is 0.396 e. The van der Waals surface area contributed by atoms with Crippen LogP contribution in [0.1, 0.15) is 25.7 Å². The zero-order chi connectivity index (χ0) is 10.2. The standard InChI is InChI=1S/C6H14O2.2C2H4/c7-5-3-1-2-4-6-8;2*1-2/h7-8H,1-6H2;2*1-2H2. The minimum Gasteiger partial charge on any atom is -0.396 e. The average Bonchev–Trinajstić information content (AvgIpc) is 2.19. The summed E-state index contributed by atoms with van der Waals surface area (Å²) in [6, 6.07) is 0. The molecule has 0 aliphatic heterocycles. The maximum Gasteiger partial charge on any atom is 0.0431 e. The zero-order valence-electron chi connectivity index (χ0n) is 7.97. The number of rotatable bonds is 5. The van der Waals surface area contributed by atoms with Gasteiger partial charge in [-0.3, -0.25) is 0 Å². The lowest BCUT2D eigenvalue weighted by Crippen LogP contribution is -1.85. The molecule has 0 spiro atoms. The smallest absolute Gasteiger partial charge is 0.0431 e. The summed E-state index contributed by atoms with van der Waals surface area (Å²) in [5.74, 6) is 0. The summed E-state index contributed by atoms with van der Waals surface area (Å²) in [6.07, 6.45) is 3.83. The van der Waals surface area contributed by atoms with Crippen molar-refractivity contribution in [1.29, 1.82) is 0 Å². The Labute approximate surface area is 76.2 Å². The topological polar surface area (TPSA) is 40.5 Å². The van der Waals surface area contributed by atoms with Crippen LogP contribution in [0.5, 0.6) is 0 Å². The molecule has 0 rings (SSSR count). The van der Waals surface area contributed by atoms with E-state index in [4.69, 9.17) is 10.2 Å². The van der Waals surface area contributed by atoms with Crippen molar-refractivity contribution in [3.05, 3.63) is 26.3 Å². The Hall–Kier alpha value is -0.600. The number of unbranched alkanes of at least 4 members (excludes halogenated alkanes) is 3. The van der Waals surface area contributed by atoms with Gasteiger partial charge in [-0.05, 0) is 12.8 Å². The van der Waals surface area contributed by atoms with E-state index >= 15 is 0 Å². The summed E-state index contributed by atoms with van der Waals surface area (Å²) in [5.41, 5.74) is 0. The summed E-state index contributed by atoms with van der Waals surface area (Å²) in [5, 5.41) is 16.6. The van der Waals surface area contributed by atoms with Gasteiger partial charge in [-0.15, -0.1) is 26.3 Å². The van der Waals surface area contributed by atoms with Crippen molar-refractivity contribution >= 4 is 0 Å². The highest BCUT2D eigenvalue weighted by Crippen LogP contribution is 1.96. The second-order valence-electron chi connectivity index (χ2n) is 1.86. The van der Waals surface area contributed by atoms with Crippen LogP contribution in [0, 0.1) is 0 Å². The predicted molar refractivity (Wildman–Crippen MR) is 55.1 cm³/mol. The number of hydrogen-bond acceptors (Lipinski definition) is 2. The van der Waals surface area contributed by atoms with Crippen molar-refractivity contribution in [2.24, 2.45) is 0 Å². The van der Waals surface area contributed by atoms with E-state index in [0.29, 0.717) is 0 Å². The van der Waals surface area contributed by atoms with E-state index in [1.165, 1.54) is 0 Å². The molecule has 12 heavy (non-hydrogen) atoms. The molecule has 0 unspecified atom stereocenters. The summed E-state index contributed by atoms with van der Waals surface area (Å²) in [4.78, 5) is 0. The fourth-order valence-electron chi connectivity index (χ4n) is 0.577. The summed E-state index contributed by atoms with van der Waals surface area (Å²) in [6.45, 7) is 12.6. The molecular formula is C10H22O2. The van der Waals surface area contributed by atoms with E-state index in [9.17, 15) is 0 Å². The Morgan fingerprint density at radius 1 is 0.583 bits per heavy atom. The number of hydrogen-bond donors (Lipinski definition) is 2. The van der Waals surface area contributed by atoms with Crippen LogP contribution < -0.4 is 0 Å². The SMILES string of the molecule is C=C.C=C.OCCCCCCO. The van der Waals surface area contributed by atoms with Crippen LogP contribution in [-0.4, -0.2) is 23.4 Å². The van der Waals surface area contributed by atoms with E-state index in [2.05, 4.69) is 26.3 Å². The maximum atomic E-state index is 8.30. The van der Waals surface area contributed by atoms with Crippen LogP contribution in [0.25, 0.3) is 0 Å². The van der Waals surface area contributed by atoms with Gasteiger partial charge in [0.05, 0.1) is 0 Å². The second kappa shape index (κ2) is 31.5. The summed E-state index contributed by atoms with van der Waals surface area (Å²) >= 11 is 0. The van der Waals surface area contributed by atoms with Crippen LogP contribution in [0.15, 0.2) is 26.3 Å². The van der Waals surface area contributed by atoms with Crippen LogP contribution in [0.3, 0.4) is 0 Å². The third-order valence-electron chi connectivity index (χ3n) is 1.07. The molecule has 0 aromatic carbocycles. The molecule has 0 aliphatic carbocycles. The Morgan fingerprint density at radius 3 is 1.00 bits per heavy atom. The Balaban J connectivity index is -0.000000175. The molecule has 2 N–H and O–H groups in total. The normalized spacial score (nSPS) is 7.17. The molecule has 0 radical (unpaired) electrons. The zero-order valence-corrected chi connectivity index (χ0v) is 7.97. The Morgan fingerprint density at radius 2 is 0.833 bits per heavy atom. The maximum absolute atomic E-state index is 8.30. The highest BCUT2D eigenvalue weighted by Gasteiger charge is 1.84. The monoisotopic (exact) mass is 174 g/mol. The van der Waals surface area contributed by atoms with E-state index in [-0.39, 0.29) is 13.2 Å². The highest BCUT2D eigenvalue weighted by molar-refractivity contribution is 4.39. The van der Waals surface area contributed by atoms with E-state index in [1.54, 1.807) is 0 Å². The molecule has 0 aromatic heterocycles. The Kier molecular flexibility index (Phi) is 45.9. The van der Waals surface area contributed by atoms with Crippen LogP contribution >= 0.6 is 0 Å². The lowest BCUT2D eigenvalue weighted by Gasteiger charge is -1.93. The van der Waals surface area contributed by atoms with Gasteiger partial charge in [0.1, 0.15) is 0 Å². The third-order valence-corrected chi connectivity index (χ3v) is 1.07. The first kappa shape index (κ1) is 17.5. The molecular weight excluding hydrogens is 152 g/mol. The first-order valence-electron chi connectivity index (χ1n) is 4.13. The van der Waals surface area contributed by atoms with Gasteiger partial charge in [-0.25, -0.2) is 0 Å². The summed E-state index contributed by atoms with van der Waals surface area (Å²) in [7, 11) is 0. The number of aliphatic hydroxyl groups excluding tert-OH is 2. The quantitative estimate of drug-likeness (QED) is 0.495. The minimum atomic E-state index is 0.283. The predicted octanol–water partition coefficient (Wildman–Crippen LogP) is 2.14. The second-order valence-corrected chi connectivity index (χ2v) is 1.86. The molecule has 0 fully saturated rings. The van der Waals surface area contributed by atoms with Gasteiger partial charge in [0.15, 0.2) is 0 Å². The average molecular weight is 174 g/mol. The highest BCUT2D eigenvalue weighted by atomic mass is 16.3.